The van der Waals surface area contributed by atoms with Crippen molar-refractivity contribution in [2.24, 2.45) is 0 Å². The molecular weight excluding hydrogens is 423 g/mol. The number of nitrogens with zero attached hydrogens (tertiary/aromatic N) is 1. The Hall–Kier alpha value is -2.05. The van der Waals surface area contributed by atoms with Crippen molar-refractivity contribution < 1.29 is 14.0 Å². The van der Waals surface area contributed by atoms with Crippen molar-refractivity contribution in [3.8, 4) is 0 Å². The summed E-state index contributed by atoms with van der Waals surface area (Å²) in [6.07, 6.45) is 4.21. The summed E-state index contributed by atoms with van der Waals surface area (Å²) in [6, 6.07) is 12.9. The van der Waals surface area contributed by atoms with Crippen LogP contribution in [0.25, 0.3) is 0 Å². The number of hydrogen-bond donors (Lipinski definition) is 1. The molecule has 30 heavy (non-hydrogen) atoms. The van der Waals surface area contributed by atoms with E-state index in [1.165, 1.54) is 23.9 Å². The van der Waals surface area contributed by atoms with E-state index < -0.39 is 6.04 Å². The second kappa shape index (κ2) is 10.8. The SMILES string of the molecule is CC(C(=O)NC1CCCC1)N(Cc1ccc(F)cc1)C(=O)CSc1ccc(Cl)cc1. The number of thioether (sulfide) groups is 1. The zero-order valence-corrected chi connectivity index (χ0v) is 18.5. The Labute approximate surface area is 186 Å². The number of halogens is 2. The van der Waals surface area contributed by atoms with Gasteiger partial charge < -0.3 is 10.2 Å². The van der Waals surface area contributed by atoms with Crippen molar-refractivity contribution in [3.63, 3.8) is 0 Å². The summed E-state index contributed by atoms with van der Waals surface area (Å²) >= 11 is 7.32. The van der Waals surface area contributed by atoms with Gasteiger partial charge in [-0.2, -0.15) is 0 Å². The molecule has 1 fully saturated rings. The lowest BCUT2D eigenvalue weighted by Gasteiger charge is -2.29. The number of carbonyl (C=O) groups excluding carboxylic acids is 2. The summed E-state index contributed by atoms with van der Waals surface area (Å²) < 4.78 is 13.3. The fraction of sp³-hybridized carbons (Fsp3) is 0.391. The average molecular weight is 449 g/mol. The van der Waals surface area contributed by atoms with Crippen LogP contribution in [0.2, 0.25) is 5.02 Å². The summed E-state index contributed by atoms with van der Waals surface area (Å²) in [4.78, 5) is 28.4. The summed E-state index contributed by atoms with van der Waals surface area (Å²) in [7, 11) is 0. The minimum atomic E-state index is -0.617. The predicted molar refractivity (Wildman–Crippen MR) is 119 cm³/mol. The van der Waals surface area contributed by atoms with Gasteiger partial charge in [0.1, 0.15) is 11.9 Å². The normalized spacial score (nSPS) is 15.0. The number of carbonyl (C=O) groups is 2. The summed E-state index contributed by atoms with van der Waals surface area (Å²) in [5.41, 5.74) is 0.779. The third-order valence-corrected chi connectivity index (χ3v) is 6.56. The summed E-state index contributed by atoms with van der Waals surface area (Å²) in [5, 5.41) is 3.71. The molecule has 1 atom stereocenters. The van der Waals surface area contributed by atoms with Gasteiger partial charge in [0.15, 0.2) is 0 Å². The standard InChI is InChI=1S/C23H26ClFN2O2S/c1-16(23(29)26-20-4-2-3-5-20)27(14-17-6-10-19(25)11-7-17)22(28)15-30-21-12-8-18(24)9-13-21/h6-13,16,20H,2-5,14-15H2,1H3,(H,26,29). The van der Waals surface area contributed by atoms with E-state index in [1.54, 1.807) is 36.1 Å². The van der Waals surface area contributed by atoms with E-state index >= 15 is 0 Å². The van der Waals surface area contributed by atoms with Crippen LogP contribution in [0.3, 0.4) is 0 Å². The molecule has 0 spiro atoms. The highest BCUT2D eigenvalue weighted by molar-refractivity contribution is 8.00. The van der Waals surface area contributed by atoms with Gasteiger partial charge in [-0.3, -0.25) is 9.59 Å². The van der Waals surface area contributed by atoms with Gasteiger partial charge in [0, 0.05) is 22.5 Å². The van der Waals surface area contributed by atoms with Gasteiger partial charge >= 0.3 is 0 Å². The molecule has 2 amide bonds. The fourth-order valence-corrected chi connectivity index (χ4v) is 4.43. The smallest absolute Gasteiger partial charge is 0.242 e. The number of nitrogens with one attached hydrogen (secondary N) is 1. The van der Waals surface area contributed by atoms with Gasteiger partial charge in [-0.15, -0.1) is 11.8 Å². The zero-order valence-electron chi connectivity index (χ0n) is 16.9. The molecule has 1 saturated carbocycles. The summed E-state index contributed by atoms with van der Waals surface area (Å²) in [5.74, 6) is -0.423. The van der Waals surface area contributed by atoms with Crippen LogP contribution in [0.5, 0.6) is 0 Å². The maximum Gasteiger partial charge on any atom is 0.242 e. The van der Waals surface area contributed by atoms with Crippen LogP contribution in [0.4, 0.5) is 4.39 Å². The van der Waals surface area contributed by atoms with Crippen LogP contribution in [-0.4, -0.2) is 34.6 Å². The highest BCUT2D eigenvalue weighted by Crippen LogP contribution is 2.22. The lowest BCUT2D eigenvalue weighted by Crippen LogP contribution is -2.50. The van der Waals surface area contributed by atoms with Crippen molar-refractivity contribution in [1.29, 1.82) is 0 Å². The molecule has 2 aromatic carbocycles. The van der Waals surface area contributed by atoms with Gasteiger partial charge in [0.05, 0.1) is 5.75 Å². The largest absolute Gasteiger partial charge is 0.352 e. The molecule has 1 aliphatic carbocycles. The van der Waals surface area contributed by atoms with Crippen LogP contribution >= 0.6 is 23.4 Å². The molecule has 7 heteroatoms. The van der Waals surface area contributed by atoms with Crippen molar-refractivity contribution in [1.82, 2.24) is 10.2 Å². The minimum absolute atomic E-state index is 0.145. The number of rotatable bonds is 8. The van der Waals surface area contributed by atoms with Crippen LogP contribution < -0.4 is 5.32 Å². The number of hydrogen-bond acceptors (Lipinski definition) is 3. The molecule has 0 saturated heterocycles. The third kappa shape index (κ3) is 6.47. The lowest BCUT2D eigenvalue weighted by molar-refractivity contribution is -0.138. The first kappa shape index (κ1) is 22.6. The zero-order chi connectivity index (χ0) is 21.5. The van der Waals surface area contributed by atoms with E-state index in [-0.39, 0.29) is 36.0 Å². The molecule has 3 rings (SSSR count). The first-order valence-electron chi connectivity index (χ1n) is 10.1. The van der Waals surface area contributed by atoms with Gasteiger partial charge in [-0.25, -0.2) is 4.39 Å². The van der Waals surface area contributed by atoms with Gasteiger partial charge in [-0.05, 0) is 61.7 Å². The Kier molecular flexibility index (Phi) is 8.16. The molecule has 1 aliphatic rings. The van der Waals surface area contributed by atoms with Crippen LogP contribution in [0.1, 0.15) is 38.2 Å². The average Bonchev–Trinajstić information content (AvgIpc) is 3.25. The molecule has 0 aromatic heterocycles. The lowest BCUT2D eigenvalue weighted by atomic mass is 10.1. The van der Waals surface area contributed by atoms with E-state index in [4.69, 9.17) is 11.6 Å². The molecule has 2 aromatic rings. The van der Waals surface area contributed by atoms with Crippen LogP contribution in [0.15, 0.2) is 53.4 Å². The number of amides is 2. The highest BCUT2D eigenvalue weighted by Gasteiger charge is 2.28. The van der Waals surface area contributed by atoms with Crippen molar-refractivity contribution in [2.75, 3.05) is 5.75 Å². The number of benzene rings is 2. The second-order valence-electron chi connectivity index (χ2n) is 7.56. The highest BCUT2D eigenvalue weighted by atomic mass is 35.5. The minimum Gasteiger partial charge on any atom is -0.352 e. The van der Waals surface area contributed by atoms with Gasteiger partial charge in [-0.1, -0.05) is 36.6 Å². The van der Waals surface area contributed by atoms with E-state index in [0.29, 0.717) is 5.02 Å². The first-order valence-corrected chi connectivity index (χ1v) is 11.5. The predicted octanol–water partition coefficient (Wildman–Crippen LogP) is 5.05. The third-order valence-electron chi connectivity index (χ3n) is 5.31. The quantitative estimate of drug-likeness (QED) is 0.575. The van der Waals surface area contributed by atoms with Crippen LogP contribution in [0, 0.1) is 5.82 Å². The second-order valence-corrected chi connectivity index (χ2v) is 9.04. The van der Waals surface area contributed by atoms with Crippen molar-refractivity contribution in [3.05, 3.63) is 64.9 Å². The monoisotopic (exact) mass is 448 g/mol. The Morgan fingerprint density at radius 3 is 2.40 bits per heavy atom. The Balaban J connectivity index is 1.69. The van der Waals surface area contributed by atoms with E-state index in [0.717, 1.165) is 36.1 Å². The molecule has 0 bridgehead atoms. The molecule has 4 nitrogen and oxygen atoms in total. The Morgan fingerprint density at radius 2 is 1.77 bits per heavy atom. The topological polar surface area (TPSA) is 49.4 Å². The van der Waals surface area contributed by atoms with Crippen LogP contribution in [-0.2, 0) is 16.1 Å². The molecule has 1 N–H and O–H groups in total. The molecule has 0 radical (unpaired) electrons. The maximum atomic E-state index is 13.3. The Morgan fingerprint density at radius 1 is 1.13 bits per heavy atom. The van der Waals surface area contributed by atoms with Crippen molar-refractivity contribution in [2.45, 2.75) is 56.1 Å². The summed E-state index contributed by atoms with van der Waals surface area (Å²) in [6.45, 7) is 2.00. The molecule has 1 unspecified atom stereocenters. The van der Waals surface area contributed by atoms with E-state index in [2.05, 4.69) is 5.32 Å². The Bertz CT molecular complexity index is 855. The van der Waals surface area contributed by atoms with E-state index in [9.17, 15) is 14.0 Å². The maximum absolute atomic E-state index is 13.3. The van der Waals surface area contributed by atoms with Gasteiger partial charge in [0.25, 0.3) is 0 Å². The fourth-order valence-electron chi connectivity index (χ4n) is 3.52. The van der Waals surface area contributed by atoms with E-state index in [1.807, 2.05) is 12.1 Å². The molecule has 0 aliphatic heterocycles. The molecule has 0 heterocycles. The first-order chi connectivity index (χ1) is 14.4. The molecular formula is C23H26ClFN2O2S. The van der Waals surface area contributed by atoms with Crippen molar-refractivity contribution >= 4 is 35.2 Å². The molecule has 160 valence electrons. The van der Waals surface area contributed by atoms with Gasteiger partial charge in [0.2, 0.25) is 11.8 Å².